The summed E-state index contributed by atoms with van der Waals surface area (Å²) in [7, 11) is 0. The van der Waals surface area contributed by atoms with Gasteiger partial charge in [-0.1, -0.05) is 0 Å². The number of aromatic amines is 3. The third kappa shape index (κ3) is 3.01. The SMILES string of the molecule is Cc1cc(=O)[nH]c(/N=C/c2c(O)[nH]c(=S)[nH]c2=O)n1. The molecule has 0 bridgehead atoms. The number of hydrogen-bond donors (Lipinski definition) is 4. The quantitative estimate of drug-likeness (QED) is 0.464. The van der Waals surface area contributed by atoms with Gasteiger partial charge < -0.3 is 10.1 Å². The van der Waals surface area contributed by atoms with Crippen molar-refractivity contribution < 1.29 is 5.11 Å². The van der Waals surface area contributed by atoms with E-state index in [-0.39, 0.29) is 21.8 Å². The van der Waals surface area contributed by atoms with E-state index in [1.54, 1.807) is 6.92 Å². The summed E-state index contributed by atoms with van der Waals surface area (Å²) in [5.74, 6) is -0.376. The third-order valence-corrected chi connectivity index (χ3v) is 2.34. The maximum atomic E-state index is 11.5. The Morgan fingerprint density at radius 3 is 2.74 bits per heavy atom. The number of aromatic nitrogens is 4. The molecule has 0 amide bonds. The van der Waals surface area contributed by atoms with Gasteiger partial charge in [-0.25, -0.2) is 9.98 Å². The Hall–Kier alpha value is -2.55. The molecular formula is C10H9N5O3S. The Balaban J connectivity index is 2.46. The molecule has 0 atom stereocenters. The topological polar surface area (TPSA) is 127 Å². The van der Waals surface area contributed by atoms with Crippen LogP contribution in [0.3, 0.4) is 0 Å². The molecule has 0 saturated carbocycles. The van der Waals surface area contributed by atoms with E-state index >= 15 is 0 Å². The minimum absolute atomic E-state index is 0.00161. The Labute approximate surface area is 110 Å². The molecule has 0 saturated heterocycles. The zero-order valence-electron chi connectivity index (χ0n) is 9.72. The molecule has 0 aromatic carbocycles. The van der Waals surface area contributed by atoms with Crippen LogP contribution in [0.25, 0.3) is 0 Å². The van der Waals surface area contributed by atoms with Crippen molar-refractivity contribution in [3.8, 4) is 5.88 Å². The molecule has 98 valence electrons. The number of nitrogens with zero attached hydrogens (tertiary/aromatic N) is 2. The highest BCUT2D eigenvalue weighted by Gasteiger charge is 2.04. The molecule has 2 rings (SSSR count). The van der Waals surface area contributed by atoms with Crippen LogP contribution >= 0.6 is 12.2 Å². The summed E-state index contributed by atoms with van der Waals surface area (Å²) in [6.45, 7) is 1.64. The molecule has 0 aliphatic carbocycles. The van der Waals surface area contributed by atoms with Crippen molar-refractivity contribution in [3.05, 3.63) is 42.8 Å². The number of aromatic hydroxyl groups is 1. The zero-order chi connectivity index (χ0) is 14.0. The molecule has 9 heteroatoms. The second-order valence-electron chi connectivity index (χ2n) is 3.64. The van der Waals surface area contributed by atoms with Crippen LogP contribution in [-0.2, 0) is 0 Å². The van der Waals surface area contributed by atoms with E-state index in [1.807, 2.05) is 0 Å². The normalized spacial score (nSPS) is 11.0. The molecule has 0 aliphatic heterocycles. The summed E-state index contributed by atoms with van der Waals surface area (Å²) in [4.78, 5) is 37.5. The molecule has 2 aromatic heterocycles. The van der Waals surface area contributed by atoms with Crippen LogP contribution in [-0.4, -0.2) is 31.3 Å². The van der Waals surface area contributed by atoms with E-state index in [4.69, 9.17) is 0 Å². The van der Waals surface area contributed by atoms with Gasteiger partial charge in [0, 0.05) is 18.0 Å². The molecule has 0 radical (unpaired) electrons. The number of rotatable bonds is 2. The van der Waals surface area contributed by atoms with Crippen molar-refractivity contribution in [3.63, 3.8) is 0 Å². The maximum absolute atomic E-state index is 11.5. The fourth-order valence-corrected chi connectivity index (χ4v) is 1.54. The number of nitrogens with one attached hydrogen (secondary N) is 3. The average Bonchev–Trinajstić information content (AvgIpc) is 2.25. The highest BCUT2D eigenvalue weighted by atomic mass is 32.1. The molecule has 0 fully saturated rings. The van der Waals surface area contributed by atoms with Gasteiger partial charge in [0.2, 0.25) is 11.8 Å². The summed E-state index contributed by atoms with van der Waals surface area (Å²) >= 11 is 4.68. The zero-order valence-corrected chi connectivity index (χ0v) is 10.5. The summed E-state index contributed by atoms with van der Waals surface area (Å²) in [5.41, 5.74) is -0.579. The van der Waals surface area contributed by atoms with E-state index in [1.165, 1.54) is 6.07 Å². The Morgan fingerprint density at radius 1 is 1.37 bits per heavy atom. The van der Waals surface area contributed by atoms with Gasteiger partial charge in [-0.3, -0.25) is 19.6 Å². The lowest BCUT2D eigenvalue weighted by Gasteiger charge is -1.97. The highest BCUT2D eigenvalue weighted by Crippen LogP contribution is 2.06. The third-order valence-electron chi connectivity index (χ3n) is 2.13. The first-order valence-electron chi connectivity index (χ1n) is 5.13. The van der Waals surface area contributed by atoms with Gasteiger partial charge in [0.25, 0.3) is 11.1 Å². The number of hydrogen-bond acceptors (Lipinski definition) is 6. The lowest BCUT2D eigenvalue weighted by molar-refractivity contribution is 0.449. The predicted octanol–water partition coefficient (Wildman–Crippen LogP) is 0.280. The van der Waals surface area contributed by atoms with Crippen molar-refractivity contribution in [1.82, 2.24) is 19.9 Å². The van der Waals surface area contributed by atoms with E-state index in [2.05, 4.69) is 37.1 Å². The van der Waals surface area contributed by atoms with Crippen LogP contribution < -0.4 is 11.1 Å². The van der Waals surface area contributed by atoms with Crippen molar-refractivity contribution in [2.45, 2.75) is 6.92 Å². The van der Waals surface area contributed by atoms with Gasteiger partial charge in [-0.15, -0.1) is 0 Å². The van der Waals surface area contributed by atoms with Crippen molar-refractivity contribution >= 4 is 24.4 Å². The lowest BCUT2D eigenvalue weighted by atomic mass is 10.3. The number of aryl methyl sites for hydroxylation is 1. The number of aliphatic imine (C=N–C) groups is 1. The van der Waals surface area contributed by atoms with E-state index in [0.717, 1.165) is 6.21 Å². The average molecular weight is 279 g/mol. The Bertz CT molecular complexity index is 817. The summed E-state index contributed by atoms with van der Waals surface area (Å²) in [6, 6.07) is 1.31. The monoisotopic (exact) mass is 279 g/mol. The first-order chi connectivity index (χ1) is 8.95. The van der Waals surface area contributed by atoms with Crippen LogP contribution in [0.1, 0.15) is 11.3 Å². The van der Waals surface area contributed by atoms with Gasteiger partial charge in [-0.05, 0) is 19.1 Å². The summed E-state index contributed by atoms with van der Waals surface area (Å²) in [6.07, 6.45) is 1.08. The molecule has 4 N–H and O–H groups in total. The van der Waals surface area contributed by atoms with Crippen molar-refractivity contribution in [2.24, 2.45) is 4.99 Å². The molecular weight excluding hydrogens is 270 g/mol. The van der Waals surface area contributed by atoms with Crippen LogP contribution in [0.5, 0.6) is 5.88 Å². The molecule has 0 unspecified atom stereocenters. The van der Waals surface area contributed by atoms with Crippen molar-refractivity contribution in [1.29, 1.82) is 0 Å². The van der Waals surface area contributed by atoms with Crippen molar-refractivity contribution in [2.75, 3.05) is 0 Å². The van der Waals surface area contributed by atoms with Gasteiger partial charge in [0.05, 0.1) is 0 Å². The Kier molecular flexibility index (Phi) is 3.38. The second kappa shape index (κ2) is 4.98. The van der Waals surface area contributed by atoms with Gasteiger partial charge in [-0.2, -0.15) is 0 Å². The summed E-state index contributed by atoms with van der Waals surface area (Å²) < 4.78 is 0.00161. The number of H-pyrrole nitrogens is 3. The minimum Gasteiger partial charge on any atom is -0.494 e. The van der Waals surface area contributed by atoms with Gasteiger partial charge in [0.15, 0.2) is 4.77 Å². The molecule has 8 nitrogen and oxygen atoms in total. The molecule has 2 aromatic rings. The lowest BCUT2D eigenvalue weighted by Crippen LogP contribution is -2.13. The van der Waals surface area contributed by atoms with E-state index < -0.39 is 11.4 Å². The van der Waals surface area contributed by atoms with Gasteiger partial charge >= 0.3 is 0 Å². The van der Waals surface area contributed by atoms with Gasteiger partial charge in [0.1, 0.15) is 5.56 Å². The van der Waals surface area contributed by atoms with Crippen LogP contribution in [0.2, 0.25) is 0 Å². The van der Waals surface area contributed by atoms with Crippen LogP contribution in [0.4, 0.5) is 5.95 Å². The fraction of sp³-hybridized carbons (Fsp3) is 0.100. The predicted molar refractivity (Wildman–Crippen MR) is 70.8 cm³/mol. The molecule has 0 aliphatic rings. The molecule has 0 spiro atoms. The second-order valence-corrected chi connectivity index (χ2v) is 4.05. The first-order valence-corrected chi connectivity index (χ1v) is 5.54. The van der Waals surface area contributed by atoms with E-state index in [0.29, 0.717) is 5.69 Å². The van der Waals surface area contributed by atoms with E-state index in [9.17, 15) is 14.7 Å². The van der Waals surface area contributed by atoms with Crippen LogP contribution in [0, 0.1) is 11.7 Å². The minimum atomic E-state index is -0.597. The smallest absolute Gasteiger partial charge is 0.264 e. The Morgan fingerprint density at radius 2 is 2.11 bits per heavy atom. The largest absolute Gasteiger partial charge is 0.494 e. The maximum Gasteiger partial charge on any atom is 0.264 e. The molecule has 19 heavy (non-hydrogen) atoms. The first kappa shape index (κ1) is 12.9. The summed E-state index contributed by atoms with van der Waals surface area (Å²) in [5, 5.41) is 9.53. The molecule has 2 heterocycles. The standard InChI is InChI=1S/C10H9N5O3S/c1-4-2-6(16)13-9(12-4)11-3-5-7(17)14-10(19)15-8(5)18/h2-3H,1H3,(H,12,13,16)(H3,14,15,17,18,19)/b11-3+. The van der Waals surface area contributed by atoms with Crippen LogP contribution in [0.15, 0.2) is 20.6 Å². The fourth-order valence-electron chi connectivity index (χ4n) is 1.35. The highest BCUT2D eigenvalue weighted by molar-refractivity contribution is 7.71.